The molecule has 1 amide bonds. The van der Waals surface area contributed by atoms with Crippen LogP contribution in [0.5, 0.6) is 0 Å². The van der Waals surface area contributed by atoms with E-state index in [0.29, 0.717) is 13.0 Å². The van der Waals surface area contributed by atoms with Gasteiger partial charge in [0.05, 0.1) is 0 Å². The number of nitrogens with one attached hydrogen (secondary N) is 1. The molecular formula is C11H17NO2S. The first-order valence-corrected chi connectivity index (χ1v) is 6.00. The second-order valence-electron chi connectivity index (χ2n) is 3.67. The maximum atomic E-state index is 11.4. The van der Waals surface area contributed by atoms with Gasteiger partial charge >= 0.3 is 0 Å². The lowest BCUT2D eigenvalue weighted by molar-refractivity contribution is -0.121. The van der Waals surface area contributed by atoms with E-state index in [9.17, 15) is 4.79 Å². The molecule has 1 rings (SSSR count). The van der Waals surface area contributed by atoms with Crippen LogP contribution in [0.25, 0.3) is 0 Å². The summed E-state index contributed by atoms with van der Waals surface area (Å²) in [5.41, 5.74) is 0. The first-order chi connectivity index (χ1) is 7.22. The lowest BCUT2D eigenvalue weighted by Crippen LogP contribution is -2.29. The largest absolute Gasteiger partial charge is 0.396 e. The van der Waals surface area contributed by atoms with E-state index in [1.54, 1.807) is 11.3 Å². The molecule has 84 valence electrons. The summed E-state index contributed by atoms with van der Waals surface area (Å²) >= 11 is 1.67. The predicted octanol–water partition coefficient (Wildman–Crippen LogP) is 1.43. The van der Waals surface area contributed by atoms with Gasteiger partial charge in [0.1, 0.15) is 0 Å². The standard InChI is InChI=1S/C11H17NO2S/c1-9(8-13)7-12-11(14)5-4-10-3-2-6-15-10/h2-3,6,9,13H,4-5,7-8H2,1H3,(H,12,14). The van der Waals surface area contributed by atoms with Crippen molar-refractivity contribution in [2.24, 2.45) is 5.92 Å². The van der Waals surface area contributed by atoms with Gasteiger partial charge < -0.3 is 10.4 Å². The highest BCUT2D eigenvalue weighted by atomic mass is 32.1. The van der Waals surface area contributed by atoms with Crippen LogP contribution in [0.3, 0.4) is 0 Å². The molecule has 2 N–H and O–H groups in total. The zero-order chi connectivity index (χ0) is 11.1. The van der Waals surface area contributed by atoms with Crippen molar-refractivity contribution in [1.29, 1.82) is 0 Å². The molecule has 1 aromatic heterocycles. The minimum atomic E-state index is 0.0590. The number of amides is 1. The second-order valence-corrected chi connectivity index (χ2v) is 4.70. The smallest absolute Gasteiger partial charge is 0.220 e. The fraction of sp³-hybridized carbons (Fsp3) is 0.545. The van der Waals surface area contributed by atoms with E-state index in [1.807, 2.05) is 24.4 Å². The monoisotopic (exact) mass is 227 g/mol. The van der Waals surface area contributed by atoms with Gasteiger partial charge in [-0.25, -0.2) is 0 Å². The SMILES string of the molecule is CC(CO)CNC(=O)CCc1cccs1. The van der Waals surface area contributed by atoms with Crippen LogP contribution >= 0.6 is 11.3 Å². The van der Waals surface area contributed by atoms with Crippen molar-refractivity contribution in [3.8, 4) is 0 Å². The van der Waals surface area contributed by atoms with E-state index in [-0.39, 0.29) is 18.4 Å². The summed E-state index contributed by atoms with van der Waals surface area (Å²) in [7, 11) is 0. The molecule has 0 aromatic carbocycles. The molecule has 0 bridgehead atoms. The predicted molar refractivity (Wildman–Crippen MR) is 61.9 cm³/mol. The zero-order valence-corrected chi connectivity index (χ0v) is 9.72. The Hall–Kier alpha value is -0.870. The van der Waals surface area contributed by atoms with Crippen LogP contribution in [-0.4, -0.2) is 24.2 Å². The van der Waals surface area contributed by atoms with Gasteiger partial charge in [-0.1, -0.05) is 13.0 Å². The molecule has 0 saturated carbocycles. The third-order valence-corrected chi connectivity index (χ3v) is 3.07. The van der Waals surface area contributed by atoms with Gasteiger partial charge in [0.15, 0.2) is 0 Å². The first-order valence-electron chi connectivity index (χ1n) is 5.12. The average molecular weight is 227 g/mol. The Morgan fingerprint density at radius 3 is 3.07 bits per heavy atom. The van der Waals surface area contributed by atoms with Crippen LogP contribution in [0.4, 0.5) is 0 Å². The number of aliphatic hydroxyl groups excluding tert-OH is 1. The maximum absolute atomic E-state index is 11.4. The highest BCUT2D eigenvalue weighted by Gasteiger charge is 2.05. The molecule has 3 nitrogen and oxygen atoms in total. The molecule has 15 heavy (non-hydrogen) atoms. The fourth-order valence-corrected chi connectivity index (χ4v) is 1.84. The van der Waals surface area contributed by atoms with Gasteiger partial charge in [-0.15, -0.1) is 11.3 Å². The van der Waals surface area contributed by atoms with Gasteiger partial charge in [0.25, 0.3) is 0 Å². The van der Waals surface area contributed by atoms with Crippen molar-refractivity contribution < 1.29 is 9.90 Å². The van der Waals surface area contributed by atoms with Gasteiger partial charge in [0.2, 0.25) is 5.91 Å². The molecule has 0 aliphatic rings. The van der Waals surface area contributed by atoms with Gasteiger partial charge in [-0.3, -0.25) is 4.79 Å². The molecule has 0 radical (unpaired) electrons. The van der Waals surface area contributed by atoms with E-state index < -0.39 is 0 Å². The lowest BCUT2D eigenvalue weighted by atomic mass is 10.2. The number of thiophene rings is 1. The third-order valence-electron chi connectivity index (χ3n) is 2.14. The van der Waals surface area contributed by atoms with Crippen LogP contribution in [-0.2, 0) is 11.2 Å². The van der Waals surface area contributed by atoms with Crippen molar-refractivity contribution in [1.82, 2.24) is 5.32 Å². The summed E-state index contributed by atoms with van der Waals surface area (Å²) in [6.07, 6.45) is 1.33. The van der Waals surface area contributed by atoms with Gasteiger partial charge in [-0.2, -0.15) is 0 Å². The Kier molecular flexibility index (Phi) is 5.36. The Bertz CT molecular complexity index is 285. The summed E-state index contributed by atoms with van der Waals surface area (Å²) in [6.45, 7) is 2.57. The molecule has 1 heterocycles. The second kappa shape index (κ2) is 6.58. The minimum Gasteiger partial charge on any atom is -0.396 e. The third kappa shape index (κ3) is 4.95. The van der Waals surface area contributed by atoms with Crippen LogP contribution in [0, 0.1) is 5.92 Å². The highest BCUT2D eigenvalue weighted by molar-refractivity contribution is 7.09. The molecule has 0 aliphatic carbocycles. The number of hydrogen-bond donors (Lipinski definition) is 2. The van der Waals surface area contributed by atoms with Crippen molar-refractivity contribution in [2.45, 2.75) is 19.8 Å². The first kappa shape index (κ1) is 12.2. The molecule has 1 aromatic rings. The van der Waals surface area contributed by atoms with Crippen molar-refractivity contribution >= 4 is 17.2 Å². The van der Waals surface area contributed by atoms with Crippen molar-refractivity contribution in [3.63, 3.8) is 0 Å². The summed E-state index contributed by atoms with van der Waals surface area (Å²) in [4.78, 5) is 12.6. The number of hydrogen-bond acceptors (Lipinski definition) is 3. The maximum Gasteiger partial charge on any atom is 0.220 e. The molecular weight excluding hydrogens is 210 g/mol. The topological polar surface area (TPSA) is 49.3 Å². The highest BCUT2D eigenvalue weighted by Crippen LogP contribution is 2.10. The van der Waals surface area contributed by atoms with Crippen LogP contribution in [0.2, 0.25) is 0 Å². The summed E-state index contributed by atoms with van der Waals surface area (Å²) < 4.78 is 0. The molecule has 0 aliphatic heterocycles. The van der Waals surface area contributed by atoms with Crippen LogP contribution in [0.1, 0.15) is 18.2 Å². The van der Waals surface area contributed by atoms with Gasteiger partial charge in [-0.05, 0) is 23.8 Å². The number of rotatable bonds is 6. The minimum absolute atomic E-state index is 0.0590. The normalized spacial score (nSPS) is 12.4. The molecule has 1 unspecified atom stereocenters. The lowest BCUT2D eigenvalue weighted by Gasteiger charge is -2.08. The quantitative estimate of drug-likeness (QED) is 0.772. The Morgan fingerprint density at radius 2 is 2.47 bits per heavy atom. The number of aryl methyl sites for hydroxylation is 1. The molecule has 0 spiro atoms. The number of aliphatic hydroxyl groups is 1. The average Bonchev–Trinajstić information content (AvgIpc) is 2.75. The van der Waals surface area contributed by atoms with Gasteiger partial charge in [0, 0.05) is 24.4 Å². The molecule has 1 atom stereocenters. The molecule has 0 saturated heterocycles. The summed E-state index contributed by atoms with van der Waals surface area (Å²) in [6, 6.07) is 4.03. The zero-order valence-electron chi connectivity index (χ0n) is 8.90. The van der Waals surface area contributed by atoms with E-state index in [0.717, 1.165) is 6.42 Å². The molecule has 4 heteroatoms. The van der Waals surface area contributed by atoms with Crippen LogP contribution in [0.15, 0.2) is 17.5 Å². The Balaban J connectivity index is 2.14. The van der Waals surface area contributed by atoms with E-state index in [4.69, 9.17) is 5.11 Å². The number of carbonyl (C=O) groups excluding carboxylic acids is 1. The fourth-order valence-electron chi connectivity index (χ4n) is 1.13. The summed E-state index contributed by atoms with van der Waals surface area (Å²) in [5.74, 6) is 0.194. The van der Waals surface area contributed by atoms with Crippen molar-refractivity contribution in [3.05, 3.63) is 22.4 Å². The van der Waals surface area contributed by atoms with Crippen LogP contribution < -0.4 is 5.32 Å². The number of carbonyl (C=O) groups is 1. The van der Waals surface area contributed by atoms with E-state index in [1.165, 1.54) is 4.88 Å². The van der Waals surface area contributed by atoms with Crippen molar-refractivity contribution in [2.75, 3.05) is 13.2 Å². The Labute approximate surface area is 94.1 Å². The van der Waals surface area contributed by atoms with E-state index in [2.05, 4.69) is 5.32 Å². The van der Waals surface area contributed by atoms with E-state index >= 15 is 0 Å². The molecule has 0 fully saturated rings. The summed E-state index contributed by atoms with van der Waals surface area (Å²) in [5, 5.41) is 13.6. The Morgan fingerprint density at radius 1 is 1.67 bits per heavy atom.